The molecule has 0 aliphatic carbocycles. The van der Waals surface area contributed by atoms with Crippen molar-refractivity contribution >= 4 is 0 Å². The standard InChI is InChI=1S/C18H18FNO/c1-12-5-7-17(15(9-12)18(2,3)4)21-16-8-6-14(19)10-13(16)11-20/h5-10H,1-4H3. The van der Waals surface area contributed by atoms with E-state index < -0.39 is 5.82 Å². The minimum absolute atomic E-state index is 0.0891. The van der Waals surface area contributed by atoms with E-state index in [1.54, 1.807) is 0 Å². The summed E-state index contributed by atoms with van der Waals surface area (Å²) in [4.78, 5) is 0. The van der Waals surface area contributed by atoms with E-state index in [9.17, 15) is 4.39 Å². The van der Waals surface area contributed by atoms with Gasteiger partial charge in [-0.25, -0.2) is 4.39 Å². The number of rotatable bonds is 2. The van der Waals surface area contributed by atoms with Gasteiger partial charge >= 0.3 is 0 Å². The molecule has 0 spiro atoms. The Morgan fingerprint density at radius 1 is 1.05 bits per heavy atom. The second-order valence-corrected chi connectivity index (χ2v) is 6.10. The van der Waals surface area contributed by atoms with Gasteiger partial charge in [-0.3, -0.25) is 0 Å². The molecule has 2 rings (SSSR count). The quantitative estimate of drug-likeness (QED) is 0.768. The first-order valence-electron chi connectivity index (χ1n) is 6.80. The van der Waals surface area contributed by atoms with Crippen LogP contribution in [0.4, 0.5) is 4.39 Å². The van der Waals surface area contributed by atoms with E-state index in [2.05, 4.69) is 26.8 Å². The van der Waals surface area contributed by atoms with Crippen LogP contribution >= 0.6 is 0 Å². The minimum atomic E-state index is -0.446. The number of halogens is 1. The molecule has 2 nitrogen and oxygen atoms in total. The molecule has 0 aromatic heterocycles. The second-order valence-electron chi connectivity index (χ2n) is 6.10. The Balaban J connectivity index is 2.48. The molecule has 0 heterocycles. The molecule has 0 bridgehead atoms. The first-order chi connectivity index (χ1) is 9.81. The van der Waals surface area contributed by atoms with Gasteiger partial charge in [-0.2, -0.15) is 5.26 Å². The van der Waals surface area contributed by atoms with Crippen LogP contribution in [0, 0.1) is 24.1 Å². The van der Waals surface area contributed by atoms with Crippen molar-refractivity contribution in [3.05, 3.63) is 58.9 Å². The lowest BCUT2D eigenvalue weighted by molar-refractivity contribution is 0.452. The maximum Gasteiger partial charge on any atom is 0.145 e. The molecule has 0 unspecified atom stereocenters. The Bertz CT molecular complexity index is 708. The molecule has 0 amide bonds. The minimum Gasteiger partial charge on any atom is -0.456 e. The summed E-state index contributed by atoms with van der Waals surface area (Å²) in [5.74, 6) is 0.614. The Morgan fingerprint density at radius 3 is 2.33 bits per heavy atom. The number of nitrogens with zero attached hydrogens (tertiary/aromatic N) is 1. The highest BCUT2D eigenvalue weighted by molar-refractivity contribution is 5.49. The maximum atomic E-state index is 13.2. The van der Waals surface area contributed by atoms with Crippen molar-refractivity contribution in [3.8, 4) is 17.6 Å². The molecule has 0 atom stereocenters. The van der Waals surface area contributed by atoms with Gasteiger partial charge in [-0.1, -0.05) is 38.5 Å². The van der Waals surface area contributed by atoms with Crippen LogP contribution in [0.5, 0.6) is 11.5 Å². The summed E-state index contributed by atoms with van der Waals surface area (Å²) in [6.45, 7) is 8.33. The molecule has 2 aromatic carbocycles. The van der Waals surface area contributed by atoms with Crippen LogP contribution in [-0.4, -0.2) is 0 Å². The van der Waals surface area contributed by atoms with E-state index >= 15 is 0 Å². The highest BCUT2D eigenvalue weighted by atomic mass is 19.1. The van der Waals surface area contributed by atoms with E-state index in [1.807, 2.05) is 25.1 Å². The zero-order valence-corrected chi connectivity index (χ0v) is 12.7. The van der Waals surface area contributed by atoms with Gasteiger partial charge < -0.3 is 4.74 Å². The van der Waals surface area contributed by atoms with Gasteiger partial charge in [0, 0.05) is 5.56 Å². The Labute approximate surface area is 124 Å². The lowest BCUT2D eigenvalue weighted by Gasteiger charge is -2.23. The third-order valence-electron chi connectivity index (χ3n) is 3.23. The Kier molecular flexibility index (Phi) is 3.99. The van der Waals surface area contributed by atoms with Crippen molar-refractivity contribution in [3.63, 3.8) is 0 Å². The average Bonchev–Trinajstić information content (AvgIpc) is 2.41. The van der Waals surface area contributed by atoms with Crippen LogP contribution in [0.3, 0.4) is 0 Å². The largest absolute Gasteiger partial charge is 0.456 e. The lowest BCUT2D eigenvalue weighted by Crippen LogP contribution is -2.13. The van der Waals surface area contributed by atoms with E-state index in [0.717, 1.165) is 11.1 Å². The summed E-state index contributed by atoms with van der Waals surface area (Å²) < 4.78 is 19.1. The average molecular weight is 283 g/mol. The third kappa shape index (κ3) is 3.41. The van der Waals surface area contributed by atoms with Crippen molar-refractivity contribution in [2.75, 3.05) is 0 Å². The number of ether oxygens (including phenoxy) is 1. The van der Waals surface area contributed by atoms with Crippen LogP contribution in [-0.2, 0) is 5.41 Å². The molecule has 2 aromatic rings. The predicted molar refractivity (Wildman–Crippen MR) is 81.1 cm³/mol. The second kappa shape index (κ2) is 5.57. The van der Waals surface area contributed by atoms with E-state index in [1.165, 1.54) is 18.2 Å². The smallest absolute Gasteiger partial charge is 0.145 e. The monoisotopic (exact) mass is 283 g/mol. The van der Waals surface area contributed by atoms with Gasteiger partial charge in [-0.15, -0.1) is 0 Å². The first-order valence-corrected chi connectivity index (χ1v) is 6.80. The molecule has 0 aliphatic rings. The summed E-state index contributed by atoms with van der Waals surface area (Å²) >= 11 is 0. The SMILES string of the molecule is Cc1ccc(Oc2ccc(F)cc2C#N)c(C(C)(C)C)c1. The van der Waals surface area contributed by atoms with E-state index in [-0.39, 0.29) is 11.0 Å². The molecule has 0 radical (unpaired) electrons. The summed E-state index contributed by atoms with van der Waals surface area (Å²) in [5.41, 5.74) is 2.30. The summed E-state index contributed by atoms with van der Waals surface area (Å²) in [5, 5.41) is 9.10. The molecule has 0 fully saturated rings. The van der Waals surface area contributed by atoms with Crippen molar-refractivity contribution in [2.24, 2.45) is 0 Å². The summed E-state index contributed by atoms with van der Waals surface area (Å²) in [6, 6.07) is 11.8. The molecule has 21 heavy (non-hydrogen) atoms. The zero-order chi connectivity index (χ0) is 15.6. The fraction of sp³-hybridized carbons (Fsp3) is 0.278. The van der Waals surface area contributed by atoms with Crippen LogP contribution in [0.25, 0.3) is 0 Å². The maximum absolute atomic E-state index is 13.2. The van der Waals surface area contributed by atoms with E-state index in [0.29, 0.717) is 11.5 Å². The number of aryl methyl sites for hydroxylation is 1. The van der Waals surface area contributed by atoms with Crippen LogP contribution < -0.4 is 4.74 Å². The molecule has 0 N–H and O–H groups in total. The van der Waals surface area contributed by atoms with Gasteiger partial charge in [0.1, 0.15) is 23.4 Å². The van der Waals surface area contributed by atoms with E-state index in [4.69, 9.17) is 10.00 Å². The zero-order valence-electron chi connectivity index (χ0n) is 12.7. The third-order valence-corrected chi connectivity index (χ3v) is 3.23. The predicted octanol–water partition coefficient (Wildman–Crippen LogP) is 5.10. The highest BCUT2D eigenvalue weighted by Gasteiger charge is 2.20. The molecule has 0 aliphatic heterocycles. The van der Waals surface area contributed by atoms with Crippen molar-refractivity contribution < 1.29 is 9.13 Å². The number of hydrogen-bond donors (Lipinski definition) is 0. The molecule has 0 saturated carbocycles. The van der Waals surface area contributed by atoms with Crippen LogP contribution in [0.1, 0.15) is 37.5 Å². The van der Waals surface area contributed by atoms with Gasteiger partial charge in [0.2, 0.25) is 0 Å². The van der Waals surface area contributed by atoms with Crippen molar-refractivity contribution in [1.82, 2.24) is 0 Å². The van der Waals surface area contributed by atoms with Crippen LogP contribution in [0.15, 0.2) is 36.4 Å². The first kappa shape index (κ1) is 15.1. The Hall–Kier alpha value is -2.34. The molecular formula is C18H18FNO. The normalized spacial score (nSPS) is 11.0. The van der Waals surface area contributed by atoms with Crippen molar-refractivity contribution in [1.29, 1.82) is 5.26 Å². The van der Waals surface area contributed by atoms with Gasteiger partial charge in [0.25, 0.3) is 0 Å². The molecular weight excluding hydrogens is 265 g/mol. The topological polar surface area (TPSA) is 33.0 Å². The summed E-state index contributed by atoms with van der Waals surface area (Å²) in [6.07, 6.45) is 0. The fourth-order valence-electron chi connectivity index (χ4n) is 2.12. The van der Waals surface area contributed by atoms with Gasteiger partial charge in [0.05, 0.1) is 5.56 Å². The fourth-order valence-corrected chi connectivity index (χ4v) is 2.12. The number of hydrogen-bond acceptors (Lipinski definition) is 2. The summed E-state index contributed by atoms with van der Waals surface area (Å²) in [7, 11) is 0. The lowest BCUT2D eigenvalue weighted by atomic mass is 9.85. The highest BCUT2D eigenvalue weighted by Crippen LogP contribution is 2.35. The molecule has 0 saturated heterocycles. The van der Waals surface area contributed by atoms with Gasteiger partial charge in [-0.05, 0) is 36.6 Å². The number of nitriles is 1. The van der Waals surface area contributed by atoms with Crippen molar-refractivity contribution in [2.45, 2.75) is 33.1 Å². The molecule has 108 valence electrons. The van der Waals surface area contributed by atoms with Crippen LogP contribution in [0.2, 0.25) is 0 Å². The number of benzene rings is 2. The van der Waals surface area contributed by atoms with Gasteiger partial charge in [0.15, 0.2) is 0 Å². The Morgan fingerprint density at radius 2 is 1.71 bits per heavy atom. The molecule has 3 heteroatoms.